The van der Waals surface area contributed by atoms with Gasteiger partial charge in [-0.15, -0.1) is 0 Å². The topological polar surface area (TPSA) is 29.1 Å². The van der Waals surface area contributed by atoms with Crippen LogP contribution in [0.5, 0.6) is 0 Å². The van der Waals surface area contributed by atoms with E-state index >= 15 is 0 Å². The van der Waals surface area contributed by atoms with Gasteiger partial charge >= 0.3 is 0 Å². The second-order valence-corrected chi connectivity index (χ2v) is 3.62. The van der Waals surface area contributed by atoms with Crippen LogP contribution in [-0.2, 0) is 11.2 Å². The van der Waals surface area contributed by atoms with E-state index in [2.05, 4.69) is 24.4 Å². The number of hydrogen-bond donors (Lipinski definition) is 1. The summed E-state index contributed by atoms with van der Waals surface area (Å²) in [5.74, 6) is 0.00663. The molecule has 0 radical (unpaired) electrons. The Morgan fingerprint density at radius 1 is 1.36 bits per heavy atom. The van der Waals surface area contributed by atoms with Crippen LogP contribution in [0.25, 0.3) is 5.57 Å². The van der Waals surface area contributed by atoms with Crippen LogP contribution in [0.3, 0.4) is 0 Å². The van der Waals surface area contributed by atoms with Gasteiger partial charge in [0.05, 0.1) is 0 Å². The molecule has 1 amide bonds. The van der Waals surface area contributed by atoms with Gasteiger partial charge in [-0.05, 0) is 23.6 Å². The molecule has 0 aliphatic heterocycles. The van der Waals surface area contributed by atoms with Gasteiger partial charge < -0.3 is 5.32 Å². The Hall–Kier alpha value is -1.57. The number of allylic oxidation sites excluding steroid dienone is 2. The van der Waals surface area contributed by atoms with E-state index in [9.17, 15) is 4.79 Å². The van der Waals surface area contributed by atoms with Gasteiger partial charge in [-0.1, -0.05) is 24.3 Å². The van der Waals surface area contributed by atoms with E-state index in [1.807, 2.05) is 12.1 Å². The summed E-state index contributed by atoms with van der Waals surface area (Å²) < 4.78 is 0. The van der Waals surface area contributed by atoms with Crippen molar-refractivity contribution in [2.24, 2.45) is 0 Å². The number of hydrogen-bond acceptors (Lipinski definition) is 1. The minimum absolute atomic E-state index is 0.00663. The zero-order valence-electron chi connectivity index (χ0n) is 8.42. The molecule has 0 saturated carbocycles. The Morgan fingerprint density at radius 3 is 2.71 bits per heavy atom. The molecule has 2 nitrogen and oxygen atoms in total. The van der Waals surface area contributed by atoms with Crippen molar-refractivity contribution >= 4 is 11.5 Å². The molecule has 0 atom stereocenters. The molecule has 2 rings (SSSR count). The monoisotopic (exact) mass is 187 g/mol. The molecule has 2 heteroatoms. The molecule has 1 aromatic carbocycles. The van der Waals surface area contributed by atoms with Crippen LogP contribution >= 0.6 is 0 Å². The highest BCUT2D eigenvalue weighted by molar-refractivity contribution is 5.82. The van der Waals surface area contributed by atoms with E-state index in [0.29, 0.717) is 0 Å². The normalized spacial score (nSPS) is 14.1. The molecule has 0 unspecified atom stereocenters. The Labute approximate surface area is 83.6 Å². The van der Waals surface area contributed by atoms with Crippen molar-refractivity contribution in [3.63, 3.8) is 0 Å². The standard InChI is InChI=1S/C12H13NO/c1-8-11-6-4-3-5-10(11)7-12(8)13-9(2)14/h3-6H,7H2,1-2H3,(H,13,14). The van der Waals surface area contributed by atoms with Crippen LogP contribution < -0.4 is 5.32 Å². The molecule has 1 N–H and O–H groups in total. The summed E-state index contributed by atoms with van der Waals surface area (Å²) in [7, 11) is 0. The van der Waals surface area contributed by atoms with Crippen LogP contribution in [-0.4, -0.2) is 5.91 Å². The van der Waals surface area contributed by atoms with Crippen LogP contribution in [0.2, 0.25) is 0 Å². The van der Waals surface area contributed by atoms with Gasteiger partial charge in [-0.25, -0.2) is 0 Å². The van der Waals surface area contributed by atoms with Crippen molar-refractivity contribution in [2.75, 3.05) is 0 Å². The Kier molecular flexibility index (Phi) is 2.12. The zero-order valence-corrected chi connectivity index (χ0v) is 8.42. The fourth-order valence-electron chi connectivity index (χ4n) is 1.88. The molecule has 0 fully saturated rings. The van der Waals surface area contributed by atoms with Crippen LogP contribution in [0.1, 0.15) is 25.0 Å². The van der Waals surface area contributed by atoms with Crippen molar-refractivity contribution in [1.29, 1.82) is 0 Å². The molecular formula is C12H13NO. The van der Waals surface area contributed by atoms with Gasteiger partial charge in [0.25, 0.3) is 0 Å². The SMILES string of the molecule is CC(=O)NC1=C(C)c2ccccc2C1. The first-order chi connectivity index (χ1) is 6.68. The van der Waals surface area contributed by atoms with E-state index in [0.717, 1.165) is 12.1 Å². The highest BCUT2D eigenvalue weighted by Crippen LogP contribution is 2.30. The molecule has 72 valence electrons. The lowest BCUT2D eigenvalue weighted by molar-refractivity contribution is -0.118. The van der Waals surface area contributed by atoms with Crippen molar-refractivity contribution in [1.82, 2.24) is 5.32 Å². The lowest BCUT2D eigenvalue weighted by Crippen LogP contribution is -2.19. The van der Waals surface area contributed by atoms with Gasteiger partial charge in [0.1, 0.15) is 0 Å². The summed E-state index contributed by atoms with van der Waals surface area (Å²) in [6, 6.07) is 8.26. The smallest absolute Gasteiger partial charge is 0.221 e. The molecule has 0 bridgehead atoms. The largest absolute Gasteiger partial charge is 0.329 e. The minimum Gasteiger partial charge on any atom is -0.329 e. The van der Waals surface area contributed by atoms with Crippen molar-refractivity contribution in [3.8, 4) is 0 Å². The third-order valence-electron chi connectivity index (χ3n) is 2.57. The van der Waals surface area contributed by atoms with Crippen molar-refractivity contribution in [3.05, 3.63) is 41.1 Å². The second-order valence-electron chi connectivity index (χ2n) is 3.62. The second kappa shape index (κ2) is 3.29. The molecular weight excluding hydrogens is 174 g/mol. The van der Waals surface area contributed by atoms with E-state index in [-0.39, 0.29) is 5.91 Å². The lowest BCUT2D eigenvalue weighted by atomic mass is 10.1. The highest BCUT2D eigenvalue weighted by atomic mass is 16.1. The Morgan fingerprint density at radius 2 is 2.07 bits per heavy atom. The van der Waals surface area contributed by atoms with Crippen LogP contribution in [0.4, 0.5) is 0 Å². The maximum Gasteiger partial charge on any atom is 0.221 e. The quantitative estimate of drug-likeness (QED) is 0.716. The van der Waals surface area contributed by atoms with Gasteiger partial charge in [0, 0.05) is 19.0 Å². The Balaban J connectivity index is 2.34. The van der Waals surface area contributed by atoms with Crippen LogP contribution in [0.15, 0.2) is 30.0 Å². The third kappa shape index (κ3) is 1.43. The minimum atomic E-state index is 0.00663. The van der Waals surface area contributed by atoms with Gasteiger partial charge in [-0.2, -0.15) is 0 Å². The molecule has 14 heavy (non-hydrogen) atoms. The summed E-state index contributed by atoms with van der Waals surface area (Å²) in [4.78, 5) is 11.0. The number of amides is 1. The first-order valence-electron chi connectivity index (χ1n) is 4.74. The molecule has 1 aliphatic rings. The summed E-state index contributed by atoms with van der Waals surface area (Å²) in [6.45, 7) is 3.60. The molecule has 0 aromatic heterocycles. The average molecular weight is 187 g/mol. The maximum atomic E-state index is 11.0. The maximum absolute atomic E-state index is 11.0. The Bertz CT molecular complexity index is 418. The molecule has 1 aliphatic carbocycles. The summed E-state index contributed by atoms with van der Waals surface area (Å²) >= 11 is 0. The predicted molar refractivity (Wildman–Crippen MR) is 56.6 cm³/mol. The summed E-state index contributed by atoms with van der Waals surface area (Å²) in [6.07, 6.45) is 0.849. The third-order valence-corrected chi connectivity index (χ3v) is 2.57. The lowest BCUT2D eigenvalue weighted by Gasteiger charge is -2.03. The predicted octanol–water partition coefficient (Wildman–Crippen LogP) is 2.11. The zero-order chi connectivity index (χ0) is 10.1. The van der Waals surface area contributed by atoms with Crippen LogP contribution in [0, 0.1) is 0 Å². The number of nitrogens with one attached hydrogen (secondary N) is 1. The van der Waals surface area contributed by atoms with E-state index in [1.165, 1.54) is 16.7 Å². The fourth-order valence-corrected chi connectivity index (χ4v) is 1.88. The number of rotatable bonds is 1. The van der Waals surface area contributed by atoms with E-state index in [1.54, 1.807) is 6.92 Å². The van der Waals surface area contributed by atoms with Gasteiger partial charge in [0.2, 0.25) is 5.91 Å². The first-order valence-corrected chi connectivity index (χ1v) is 4.74. The van der Waals surface area contributed by atoms with Crippen molar-refractivity contribution in [2.45, 2.75) is 20.3 Å². The van der Waals surface area contributed by atoms with Gasteiger partial charge in [-0.3, -0.25) is 4.79 Å². The van der Waals surface area contributed by atoms with E-state index < -0.39 is 0 Å². The first kappa shape index (κ1) is 9.00. The molecule has 0 heterocycles. The van der Waals surface area contributed by atoms with Crippen molar-refractivity contribution < 1.29 is 4.79 Å². The summed E-state index contributed by atoms with van der Waals surface area (Å²) in [5, 5.41) is 2.88. The summed E-state index contributed by atoms with van der Waals surface area (Å²) in [5.41, 5.74) is 4.79. The highest BCUT2D eigenvalue weighted by Gasteiger charge is 2.17. The van der Waals surface area contributed by atoms with Gasteiger partial charge in [0.15, 0.2) is 0 Å². The fraction of sp³-hybridized carbons (Fsp3) is 0.250. The number of carbonyl (C=O) groups is 1. The molecule has 0 spiro atoms. The average Bonchev–Trinajstić information content (AvgIpc) is 2.44. The molecule has 0 saturated heterocycles. The number of benzene rings is 1. The number of fused-ring (bicyclic) bond motifs is 1. The number of carbonyl (C=O) groups excluding carboxylic acids is 1. The van der Waals surface area contributed by atoms with E-state index in [4.69, 9.17) is 0 Å². The molecule has 1 aromatic rings.